The number of carbonyl (C=O) groups is 1. The molecule has 4 nitrogen and oxygen atoms in total. The number of ether oxygens (including phenoxy) is 2. The van der Waals surface area contributed by atoms with Gasteiger partial charge in [0, 0.05) is 6.54 Å². The number of halogens is 1. The fraction of sp³-hybridized carbons (Fsp3) is 0.562. The van der Waals surface area contributed by atoms with Gasteiger partial charge in [0.2, 0.25) is 5.91 Å². The lowest BCUT2D eigenvalue weighted by Gasteiger charge is -2.38. The molecule has 0 N–H and O–H groups in total. The second kappa shape index (κ2) is 6.54. The van der Waals surface area contributed by atoms with E-state index in [2.05, 4.69) is 0 Å². The fourth-order valence-electron chi connectivity index (χ4n) is 3.07. The van der Waals surface area contributed by atoms with E-state index in [0.717, 1.165) is 25.8 Å². The van der Waals surface area contributed by atoms with Crippen LogP contribution in [-0.4, -0.2) is 42.9 Å². The number of rotatable bonds is 3. The van der Waals surface area contributed by atoms with Crippen molar-refractivity contribution in [1.82, 2.24) is 4.90 Å². The number of piperidine rings is 1. The Labute approximate surface area is 123 Å². The average molecular weight is 293 g/mol. The van der Waals surface area contributed by atoms with Crippen LogP contribution in [0.15, 0.2) is 24.3 Å². The molecule has 0 aromatic heterocycles. The first-order valence-corrected chi connectivity index (χ1v) is 7.51. The molecule has 5 heteroatoms. The van der Waals surface area contributed by atoms with Crippen LogP contribution in [0, 0.1) is 5.82 Å². The van der Waals surface area contributed by atoms with E-state index in [1.165, 1.54) is 12.1 Å². The minimum absolute atomic E-state index is 0.0118. The van der Waals surface area contributed by atoms with Gasteiger partial charge in [0.15, 0.2) is 6.29 Å². The van der Waals surface area contributed by atoms with Crippen molar-refractivity contribution in [2.75, 3.05) is 19.8 Å². The predicted octanol–water partition coefficient (Wildman–Crippen LogP) is 2.12. The highest BCUT2D eigenvalue weighted by Gasteiger charge is 2.35. The highest BCUT2D eigenvalue weighted by atomic mass is 19.1. The summed E-state index contributed by atoms with van der Waals surface area (Å²) in [6.07, 6.45) is 2.90. The summed E-state index contributed by atoms with van der Waals surface area (Å²) >= 11 is 0. The molecule has 0 spiro atoms. The number of nitrogens with zero attached hydrogens (tertiary/aromatic N) is 1. The van der Waals surface area contributed by atoms with Crippen molar-refractivity contribution >= 4 is 5.91 Å². The topological polar surface area (TPSA) is 38.8 Å². The Balaban J connectivity index is 1.68. The number of hydrogen-bond donors (Lipinski definition) is 0. The highest BCUT2D eigenvalue weighted by molar-refractivity contribution is 5.79. The van der Waals surface area contributed by atoms with Crippen molar-refractivity contribution in [3.63, 3.8) is 0 Å². The Morgan fingerprint density at radius 1 is 1.29 bits per heavy atom. The second-order valence-electron chi connectivity index (χ2n) is 5.57. The van der Waals surface area contributed by atoms with Gasteiger partial charge in [-0.25, -0.2) is 4.39 Å². The SMILES string of the molecule is O=C(Cc1cccc(F)c1)N1CCCC[C@@H]1C1OCCO1. The van der Waals surface area contributed by atoms with Crippen LogP contribution in [0.3, 0.4) is 0 Å². The summed E-state index contributed by atoms with van der Waals surface area (Å²) < 4.78 is 24.3. The molecule has 21 heavy (non-hydrogen) atoms. The third-order valence-electron chi connectivity index (χ3n) is 4.08. The molecule has 1 aromatic carbocycles. The molecule has 0 bridgehead atoms. The van der Waals surface area contributed by atoms with Crippen molar-refractivity contribution in [2.24, 2.45) is 0 Å². The van der Waals surface area contributed by atoms with Gasteiger partial charge in [-0.1, -0.05) is 12.1 Å². The minimum atomic E-state index is -0.307. The zero-order chi connectivity index (χ0) is 14.7. The van der Waals surface area contributed by atoms with Crippen LogP contribution < -0.4 is 0 Å². The van der Waals surface area contributed by atoms with Gasteiger partial charge in [-0.15, -0.1) is 0 Å². The van der Waals surface area contributed by atoms with E-state index in [4.69, 9.17) is 9.47 Å². The molecule has 1 atom stereocenters. The molecule has 0 radical (unpaired) electrons. The minimum Gasteiger partial charge on any atom is -0.348 e. The summed E-state index contributed by atoms with van der Waals surface area (Å²) in [5, 5.41) is 0. The van der Waals surface area contributed by atoms with Gasteiger partial charge in [-0.2, -0.15) is 0 Å². The number of hydrogen-bond acceptors (Lipinski definition) is 3. The number of likely N-dealkylation sites (tertiary alicyclic amines) is 1. The number of carbonyl (C=O) groups excluding carboxylic acids is 1. The molecule has 1 amide bonds. The van der Waals surface area contributed by atoms with E-state index in [0.29, 0.717) is 18.8 Å². The predicted molar refractivity (Wildman–Crippen MR) is 75.1 cm³/mol. The molecule has 0 unspecified atom stereocenters. The molecule has 0 saturated carbocycles. The summed E-state index contributed by atoms with van der Waals surface area (Å²) in [5.74, 6) is -0.289. The summed E-state index contributed by atoms with van der Waals surface area (Å²) in [5.41, 5.74) is 0.706. The Bertz CT molecular complexity index is 502. The van der Waals surface area contributed by atoms with E-state index in [1.54, 1.807) is 12.1 Å². The van der Waals surface area contributed by atoms with E-state index in [-0.39, 0.29) is 30.5 Å². The summed E-state index contributed by atoms with van der Waals surface area (Å²) in [6, 6.07) is 6.21. The van der Waals surface area contributed by atoms with Crippen LogP contribution >= 0.6 is 0 Å². The molecule has 1 aromatic rings. The Kier molecular flexibility index (Phi) is 4.51. The standard InChI is InChI=1S/C16H20FNO3/c17-13-5-3-4-12(10-13)11-15(19)18-7-2-1-6-14(18)16-20-8-9-21-16/h3-5,10,14,16H,1-2,6-9,11H2/t14-/m1/s1. The molecule has 0 aliphatic carbocycles. The van der Waals surface area contributed by atoms with E-state index in [9.17, 15) is 9.18 Å². The average Bonchev–Trinajstić information content (AvgIpc) is 3.01. The Morgan fingerprint density at radius 3 is 2.86 bits per heavy atom. The molecular weight excluding hydrogens is 273 g/mol. The van der Waals surface area contributed by atoms with Crippen molar-refractivity contribution in [1.29, 1.82) is 0 Å². The molecular formula is C16H20FNO3. The maximum atomic E-state index is 13.2. The normalized spacial score (nSPS) is 23.5. The molecule has 2 saturated heterocycles. The smallest absolute Gasteiger partial charge is 0.227 e. The van der Waals surface area contributed by atoms with Crippen LogP contribution in [0.1, 0.15) is 24.8 Å². The molecule has 3 rings (SSSR count). The maximum absolute atomic E-state index is 13.2. The zero-order valence-electron chi connectivity index (χ0n) is 12.0. The second-order valence-corrected chi connectivity index (χ2v) is 5.57. The first-order valence-electron chi connectivity index (χ1n) is 7.51. The largest absolute Gasteiger partial charge is 0.348 e. The highest BCUT2D eigenvalue weighted by Crippen LogP contribution is 2.25. The van der Waals surface area contributed by atoms with Gasteiger partial charge < -0.3 is 14.4 Å². The lowest BCUT2D eigenvalue weighted by Crippen LogP contribution is -2.50. The molecule has 114 valence electrons. The van der Waals surface area contributed by atoms with E-state index in [1.807, 2.05) is 4.90 Å². The van der Waals surface area contributed by atoms with Gasteiger partial charge in [0.05, 0.1) is 25.7 Å². The Morgan fingerprint density at radius 2 is 2.10 bits per heavy atom. The first kappa shape index (κ1) is 14.5. The van der Waals surface area contributed by atoms with Crippen molar-refractivity contribution in [3.05, 3.63) is 35.6 Å². The summed E-state index contributed by atoms with van der Waals surface area (Å²) in [7, 11) is 0. The van der Waals surface area contributed by atoms with Gasteiger partial charge in [-0.05, 0) is 37.0 Å². The van der Waals surface area contributed by atoms with Crippen LogP contribution in [-0.2, 0) is 20.7 Å². The molecule has 2 heterocycles. The van der Waals surface area contributed by atoms with Crippen LogP contribution in [0.5, 0.6) is 0 Å². The van der Waals surface area contributed by atoms with Gasteiger partial charge in [0.1, 0.15) is 5.82 Å². The van der Waals surface area contributed by atoms with Gasteiger partial charge >= 0.3 is 0 Å². The lowest BCUT2D eigenvalue weighted by atomic mass is 10.00. The number of amides is 1. The summed E-state index contributed by atoms with van der Waals surface area (Å²) in [6.45, 7) is 1.90. The Hall–Kier alpha value is -1.46. The lowest BCUT2D eigenvalue weighted by molar-refractivity contribution is -0.149. The van der Waals surface area contributed by atoms with Crippen molar-refractivity contribution < 1.29 is 18.7 Å². The van der Waals surface area contributed by atoms with Crippen LogP contribution in [0.25, 0.3) is 0 Å². The van der Waals surface area contributed by atoms with Crippen molar-refractivity contribution in [3.8, 4) is 0 Å². The molecule has 2 fully saturated rings. The zero-order valence-corrected chi connectivity index (χ0v) is 12.0. The van der Waals surface area contributed by atoms with E-state index < -0.39 is 0 Å². The van der Waals surface area contributed by atoms with Gasteiger partial charge in [-0.3, -0.25) is 4.79 Å². The van der Waals surface area contributed by atoms with Crippen LogP contribution in [0.2, 0.25) is 0 Å². The third-order valence-corrected chi connectivity index (χ3v) is 4.08. The summed E-state index contributed by atoms with van der Waals surface area (Å²) in [4.78, 5) is 14.4. The molecule has 2 aliphatic heterocycles. The monoisotopic (exact) mass is 293 g/mol. The van der Waals surface area contributed by atoms with E-state index >= 15 is 0 Å². The van der Waals surface area contributed by atoms with Crippen LogP contribution in [0.4, 0.5) is 4.39 Å². The number of benzene rings is 1. The maximum Gasteiger partial charge on any atom is 0.227 e. The van der Waals surface area contributed by atoms with Crippen molar-refractivity contribution in [2.45, 2.75) is 38.0 Å². The van der Waals surface area contributed by atoms with Gasteiger partial charge in [0.25, 0.3) is 0 Å². The third kappa shape index (κ3) is 3.41. The fourth-order valence-corrected chi connectivity index (χ4v) is 3.07. The quantitative estimate of drug-likeness (QED) is 0.857. The first-order chi connectivity index (χ1) is 10.2. The molecule has 2 aliphatic rings.